The van der Waals surface area contributed by atoms with Crippen LogP contribution in [0.5, 0.6) is 11.5 Å². The molecule has 0 aliphatic carbocycles. The molecule has 2 rings (SSSR count). The van der Waals surface area contributed by atoms with Crippen molar-refractivity contribution >= 4 is 34.8 Å². The van der Waals surface area contributed by atoms with Gasteiger partial charge in [-0.1, -0.05) is 40.9 Å². The summed E-state index contributed by atoms with van der Waals surface area (Å²) in [7, 11) is 1.57. The Balaban J connectivity index is 1.98. The molecule has 0 heterocycles. The van der Waals surface area contributed by atoms with E-state index in [1.54, 1.807) is 25.3 Å². The SMILES string of the molecule is COc1cc(CNCCOCCO)c(Cl)cc1OCc1ccc(Cl)cc1Cl. The van der Waals surface area contributed by atoms with Crippen LogP contribution in [0.15, 0.2) is 30.3 Å². The van der Waals surface area contributed by atoms with Crippen LogP contribution in [0.4, 0.5) is 0 Å². The van der Waals surface area contributed by atoms with E-state index in [-0.39, 0.29) is 13.2 Å². The lowest BCUT2D eigenvalue weighted by molar-refractivity contribution is 0.0938. The van der Waals surface area contributed by atoms with Gasteiger partial charge in [-0.2, -0.15) is 0 Å². The molecular weight excluding hydrogens is 413 g/mol. The first-order valence-electron chi connectivity index (χ1n) is 8.37. The fourth-order valence-electron chi connectivity index (χ4n) is 2.31. The normalized spacial score (nSPS) is 10.9. The smallest absolute Gasteiger partial charge is 0.163 e. The molecule has 2 N–H and O–H groups in total. The number of hydrogen-bond acceptors (Lipinski definition) is 5. The molecule has 27 heavy (non-hydrogen) atoms. The number of aliphatic hydroxyl groups is 1. The Morgan fingerprint density at radius 3 is 2.44 bits per heavy atom. The van der Waals surface area contributed by atoms with Crippen LogP contribution in [0.25, 0.3) is 0 Å². The van der Waals surface area contributed by atoms with E-state index in [0.29, 0.717) is 52.9 Å². The lowest BCUT2D eigenvalue weighted by Crippen LogP contribution is -2.20. The molecular formula is C19H22Cl3NO4. The van der Waals surface area contributed by atoms with E-state index in [0.717, 1.165) is 11.1 Å². The highest BCUT2D eigenvalue weighted by Crippen LogP contribution is 2.34. The van der Waals surface area contributed by atoms with Gasteiger partial charge in [0.1, 0.15) is 6.61 Å². The molecule has 0 aliphatic heterocycles. The molecule has 0 bridgehead atoms. The van der Waals surface area contributed by atoms with E-state index in [1.165, 1.54) is 0 Å². The highest BCUT2D eigenvalue weighted by atomic mass is 35.5. The van der Waals surface area contributed by atoms with E-state index < -0.39 is 0 Å². The van der Waals surface area contributed by atoms with E-state index in [2.05, 4.69) is 5.32 Å². The molecule has 5 nitrogen and oxygen atoms in total. The molecule has 0 saturated heterocycles. The quantitative estimate of drug-likeness (QED) is 0.515. The second-order valence-electron chi connectivity index (χ2n) is 5.63. The first-order valence-corrected chi connectivity index (χ1v) is 9.51. The number of nitrogens with one attached hydrogen (secondary N) is 1. The molecule has 148 valence electrons. The van der Waals surface area contributed by atoms with Crippen molar-refractivity contribution in [3.8, 4) is 11.5 Å². The summed E-state index contributed by atoms with van der Waals surface area (Å²) in [6, 6.07) is 8.81. The highest BCUT2D eigenvalue weighted by molar-refractivity contribution is 6.35. The Hall–Kier alpha value is -1.21. The zero-order valence-corrected chi connectivity index (χ0v) is 17.2. The Bertz CT molecular complexity index is 743. The maximum Gasteiger partial charge on any atom is 0.163 e. The van der Waals surface area contributed by atoms with Gasteiger partial charge < -0.3 is 24.6 Å². The number of hydrogen-bond donors (Lipinski definition) is 2. The number of halogens is 3. The van der Waals surface area contributed by atoms with Crippen molar-refractivity contribution in [2.45, 2.75) is 13.2 Å². The second kappa shape index (κ2) is 11.6. The molecule has 2 aromatic carbocycles. The maximum atomic E-state index is 8.66. The maximum absolute atomic E-state index is 8.66. The van der Waals surface area contributed by atoms with Gasteiger partial charge in [0.2, 0.25) is 0 Å². The molecule has 0 unspecified atom stereocenters. The molecule has 0 atom stereocenters. The molecule has 2 aromatic rings. The average Bonchev–Trinajstić information content (AvgIpc) is 2.65. The first kappa shape index (κ1) is 22.1. The minimum atomic E-state index is 0.0196. The average molecular weight is 435 g/mol. The van der Waals surface area contributed by atoms with Crippen molar-refractivity contribution in [3.05, 3.63) is 56.5 Å². The van der Waals surface area contributed by atoms with Crippen molar-refractivity contribution in [2.24, 2.45) is 0 Å². The monoisotopic (exact) mass is 433 g/mol. The van der Waals surface area contributed by atoms with Crippen molar-refractivity contribution in [1.82, 2.24) is 5.32 Å². The van der Waals surface area contributed by atoms with E-state index in [9.17, 15) is 0 Å². The molecule has 0 saturated carbocycles. The summed E-state index contributed by atoms with van der Waals surface area (Å²) >= 11 is 18.5. The summed E-state index contributed by atoms with van der Waals surface area (Å²) in [5.41, 5.74) is 1.69. The third kappa shape index (κ3) is 7.03. The van der Waals surface area contributed by atoms with Gasteiger partial charge in [-0.3, -0.25) is 0 Å². The first-order chi connectivity index (χ1) is 13.0. The third-order valence-corrected chi connectivity index (χ3v) is 4.64. The van der Waals surface area contributed by atoms with Crippen molar-refractivity contribution in [2.75, 3.05) is 33.5 Å². The Labute approximate surface area is 174 Å². The van der Waals surface area contributed by atoms with Crippen LogP contribution in [0.1, 0.15) is 11.1 Å². The van der Waals surface area contributed by atoms with E-state index >= 15 is 0 Å². The minimum absolute atomic E-state index is 0.0196. The predicted octanol–water partition coefficient (Wildman–Crippen LogP) is 4.33. The van der Waals surface area contributed by atoms with Gasteiger partial charge >= 0.3 is 0 Å². The van der Waals surface area contributed by atoms with Crippen LogP contribution in [0.2, 0.25) is 15.1 Å². The Morgan fingerprint density at radius 1 is 0.963 bits per heavy atom. The van der Waals surface area contributed by atoms with E-state index in [4.69, 9.17) is 54.1 Å². The fourth-order valence-corrected chi connectivity index (χ4v) is 3.00. The molecule has 0 amide bonds. The fraction of sp³-hybridized carbons (Fsp3) is 0.368. The summed E-state index contributed by atoms with van der Waals surface area (Å²) in [5.74, 6) is 1.11. The predicted molar refractivity (Wildman–Crippen MR) is 108 cm³/mol. The topological polar surface area (TPSA) is 60.0 Å². The zero-order valence-electron chi connectivity index (χ0n) is 14.9. The third-order valence-electron chi connectivity index (χ3n) is 3.71. The number of rotatable bonds is 11. The largest absolute Gasteiger partial charge is 0.493 e. The van der Waals surface area contributed by atoms with Gasteiger partial charge in [-0.25, -0.2) is 0 Å². The Kier molecular flexibility index (Phi) is 9.48. The van der Waals surface area contributed by atoms with Crippen molar-refractivity contribution < 1.29 is 19.3 Å². The van der Waals surface area contributed by atoms with Crippen LogP contribution >= 0.6 is 34.8 Å². The van der Waals surface area contributed by atoms with Crippen LogP contribution in [-0.4, -0.2) is 38.6 Å². The van der Waals surface area contributed by atoms with Gasteiger partial charge in [0.15, 0.2) is 11.5 Å². The Morgan fingerprint density at radius 2 is 1.74 bits per heavy atom. The molecule has 0 aliphatic rings. The second-order valence-corrected chi connectivity index (χ2v) is 6.88. The van der Waals surface area contributed by atoms with E-state index in [1.807, 2.05) is 12.1 Å². The minimum Gasteiger partial charge on any atom is -0.493 e. The number of benzene rings is 2. The molecule has 0 fully saturated rings. The van der Waals surface area contributed by atoms with Gasteiger partial charge in [-0.15, -0.1) is 0 Å². The van der Waals surface area contributed by atoms with Crippen LogP contribution in [-0.2, 0) is 17.9 Å². The molecule has 0 aromatic heterocycles. The molecule has 0 radical (unpaired) electrons. The zero-order chi connectivity index (χ0) is 19.6. The molecule has 0 spiro atoms. The summed E-state index contributed by atoms with van der Waals surface area (Å²) < 4.78 is 16.5. The number of methoxy groups -OCH3 is 1. The van der Waals surface area contributed by atoms with Gasteiger partial charge in [0.05, 0.1) is 26.9 Å². The summed E-state index contributed by atoms with van der Waals surface area (Å²) in [6.07, 6.45) is 0. The van der Waals surface area contributed by atoms with Gasteiger partial charge in [-0.05, 0) is 23.8 Å². The number of ether oxygens (including phenoxy) is 3. The van der Waals surface area contributed by atoms with Crippen molar-refractivity contribution in [1.29, 1.82) is 0 Å². The van der Waals surface area contributed by atoms with Crippen molar-refractivity contribution in [3.63, 3.8) is 0 Å². The van der Waals surface area contributed by atoms with Gasteiger partial charge in [0.25, 0.3) is 0 Å². The standard InChI is InChI=1S/C19H22Cl3NO4/c1-25-18-8-14(11-23-4-6-26-7-5-24)17(22)10-19(18)27-12-13-2-3-15(20)9-16(13)21/h2-3,8-10,23-24H,4-7,11-12H2,1H3. The summed E-state index contributed by atoms with van der Waals surface area (Å²) in [5, 5.41) is 13.6. The van der Waals surface area contributed by atoms with Gasteiger partial charge in [0, 0.05) is 39.8 Å². The van der Waals surface area contributed by atoms with Crippen LogP contribution < -0.4 is 14.8 Å². The van der Waals surface area contributed by atoms with Crippen LogP contribution in [0.3, 0.4) is 0 Å². The van der Waals surface area contributed by atoms with Crippen LogP contribution in [0, 0.1) is 0 Å². The highest BCUT2D eigenvalue weighted by Gasteiger charge is 2.12. The lowest BCUT2D eigenvalue weighted by atomic mass is 10.2. The summed E-state index contributed by atoms with van der Waals surface area (Å²) in [6.45, 7) is 2.33. The molecule has 8 heteroatoms. The number of aliphatic hydroxyl groups excluding tert-OH is 1. The lowest BCUT2D eigenvalue weighted by Gasteiger charge is -2.15. The summed E-state index contributed by atoms with van der Waals surface area (Å²) in [4.78, 5) is 0.